The lowest BCUT2D eigenvalue weighted by Gasteiger charge is -2.20. The normalized spacial score (nSPS) is 20.1. The Hall–Kier alpha value is -1.89. The summed E-state index contributed by atoms with van der Waals surface area (Å²) in [6.07, 6.45) is 0.378. The van der Waals surface area contributed by atoms with E-state index in [9.17, 15) is 18.0 Å². The fraction of sp³-hybridized carbons (Fsp3) is 0.429. The summed E-state index contributed by atoms with van der Waals surface area (Å²) < 4.78 is 22.8. The number of carbonyl (C=O) groups excluding carboxylic acids is 1. The summed E-state index contributed by atoms with van der Waals surface area (Å²) >= 11 is 0. The highest BCUT2D eigenvalue weighted by molar-refractivity contribution is 7.91. The molecule has 1 aromatic carbocycles. The van der Waals surface area contributed by atoms with E-state index >= 15 is 0 Å². The van der Waals surface area contributed by atoms with Gasteiger partial charge in [-0.05, 0) is 24.1 Å². The molecule has 0 spiro atoms. The van der Waals surface area contributed by atoms with Gasteiger partial charge in [-0.15, -0.1) is 0 Å². The molecular weight excluding hydrogens is 294 g/mol. The van der Waals surface area contributed by atoms with Crippen molar-refractivity contribution in [3.8, 4) is 0 Å². The predicted octanol–water partition coefficient (Wildman–Crippen LogP) is 0.778. The smallest absolute Gasteiger partial charge is 0.335 e. The average Bonchev–Trinajstić information content (AvgIpc) is 2.78. The summed E-state index contributed by atoms with van der Waals surface area (Å²) in [7, 11) is -1.45. The highest BCUT2D eigenvalue weighted by Gasteiger charge is 2.34. The van der Waals surface area contributed by atoms with E-state index in [-0.39, 0.29) is 23.0 Å². The number of aromatic carboxylic acids is 1. The van der Waals surface area contributed by atoms with Crippen LogP contribution in [0.4, 0.5) is 0 Å². The van der Waals surface area contributed by atoms with Crippen molar-refractivity contribution in [2.24, 2.45) is 5.92 Å². The number of rotatable bonds is 4. The molecule has 0 unspecified atom stereocenters. The average molecular weight is 311 g/mol. The molecule has 0 aliphatic carbocycles. The second-order valence-electron chi connectivity index (χ2n) is 5.30. The molecule has 6 nitrogen and oxygen atoms in total. The summed E-state index contributed by atoms with van der Waals surface area (Å²) in [5.74, 6) is -1.64. The first-order chi connectivity index (χ1) is 9.78. The van der Waals surface area contributed by atoms with E-state index in [4.69, 9.17) is 5.11 Å². The van der Waals surface area contributed by atoms with Crippen LogP contribution in [0.5, 0.6) is 0 Å². The highest BCUT2D eigenvalue weighted by Crippen LogP contribution is 2.21. The maximum atomic E-state index is 12.2. The van der Waals surface area contributed by atoms with Crippen LogP contribution in [0.3, 0.4) is 0 Å². The zero-order valence-corrected chi connectivity index (χ0v) is 12.5. The maximum Gasteiger partial charge on any atom is 0.335 e. The Morgan fingerprint density at radius 2 is 1.90 bits per heavy atom. The van der Waals surface area contributed by atoms with Crippen molar-refractivity contribution in [3.63, 3.8) is 0 Å². The number of benzene rings is 1. The molecular formula is C14H17NO5S. The van der Waals surface area contributed by atoms with E-state index < -0.39 is 21.7 Å². The van der Waals surface area contributed by atoms with Crippen LogP contribution in [-0.4, -0.2) is 48.9 Å². The third-order valence-electron chi connectivity index (χ3n) is 3.58. The summed E-state index contributed by atoms with van der Waals surface area (Å²) in [5.41, 5.74) is 0.992. The van der Waals surface area contributed by atoms with Crippen LogP contribution in [-0.2, 0) is 21.2 Å². The molecule has 0 aromatic heterocycles. The van der Waals surface area contributed by atoms with Crippen molar-refractivity contribution in [1.29, 1.82) is 0 Å². The lowest BCUT2D eigenvalue weighted by molar-refractivity contribution is -0.133. The van der Waals surface area contributed by atoms with Gasteiger partial charge in [-0.25, -0.2) is 13.2 Å². The third-order valence-corrected chi connectivity index (χ3v) is 5.35. The standard InChI is InChI=1S/C14H17NO5S/c1-15(13(16)12-6-7-21(19,20)9-12)8-10-2-4-11(5-3-10)14(17)18/h2-5,12H,6-9H2,1H3,(H,17,18)/t12-/m0/s1. The van der Waals surface area contributed by atoms with E-state index in [2.05, 4.69) is 0 Å². The highest BCUT2D eigenvalue weighted by atomic mass is 32.2. The Kier molecular flexibility index (Phi) is 4.32. The number of amides is 1. The molecule has 0 radical (unpaired) electrons. The van der Waals surface area contributed by atoms with Crippen LogP contribution in [0.15, 0.2) is 24.3 Å². The topological polar surface area (TPSA) is 91.8 Å². The minimum absolute atomic E-state index is 0.0740. The molecule has 1 amide bonds. The second-order valence-corrected chi connectivity index (χ2v) is 7.53. The molecule has 1 atom stereocenters. The molecule has 1 aliphatic heterocycles. The number of carboxylic acid groups (broad SMARTS) is 1. The monoisotopic (exact) mass is 311 g/mol. The zero-order valence-electron chi connectivity index (χ0n) is 11.7. The van der Waals surface area contributed by atoms with Gasteiger partial charge in [0.2, 0.25) is 5.91 Å². The summed E-state index contributed by atoms with van der Waals surface area (Å²) in [4.78, 5) is 24.4. The van der Waals surface area contributed by atoms with E-state index in [1.54, 1.807) is 19.2 Å². The van der Waals surface area contributed by atoms with Gasteiger partial charge >= 0.3 is 5.97 Å². The van der Waals surface area contributed by atoms with Gasteiger partial charge in [0.1, 0.15) is 0 Å². The van der Waals surface area contributed by atoms with Gasteiger partial charge in [0.15, 0.2) is 9.84 Å². The fourth-order valence-electron chi connectivity index (χ4n) is 2.41. The van der Waals surface area contributed by atoms with Gasteiger partial charge in [0.25, 0.3) is 0 Å². The van der Waals surface area contributed by atoms with E-state index in [1.165, 1.54) is 17.0 Å². The van der Waals surface area contributed by atoms with Gasteiger partial charge in [0, 0.05) is 13.6 Å². The number of hydrogen-bond acceptors (Lipinski definition) is 4. The Morgan fingerprint density at radius 3 is 2.38 bits per heavy atom. The number of nitrogens with zero attached hydrogens (tertiary/aromatic N) is 1. The summed E-state index contributed by atoms with van der Waals surface area (Å²) in [6, 6.07) is 6.27. The molecule has 1 aromatic rings. The van der Waals surface area contributed by atoms with Crippen molar-refractivity contribution in [3.05, 3.63) is 35.4 Å². The maximum absolute atomic E-state index is 12.2. The minimum atomic E-state index is -3.07. The van der Waals surface area contributed by atoms with E-state index in [0.717, 1.165) is 5.56 Å². The summed E-state index contributed by atoms with van der Waals surface area (Å²) in [5, 5.41) is 8.82. The van der Waals surface area contributed by atoms with Gasteiger partial charge in [-0.3, -0.25) is 4.79 Å². The van der Waals surface area contributed by atoms with E-state index in [1.807, 2.05) is 0 Å². The van der Waals surface area contributed by atoms with Crippen molar-refractivity contribution in [2.75, 3.05) is 18.6 Å². The SMILES string of the molecule is CN(Cc1ccc(C(=O)O)cc1)C(=O)[C@H]1CCS(=O)(=O)C1. The molecule has 1 saturated heterocycles. The van der Waals surface area contributed by atoms with Crippen LogP contribution in [0.2, 0.25) is 0 Å². The second kappa shape index (κ2) is 5.85. The molecule has 7 heteroatoms. The molecule has 21 heavy (non-hydrogen) atoms. The first-order valence-electron chi connectivity index (χ1n) is 6.56. The molecule has 0 saturated carbocycles. The number of hydrogen-bond donors (Lipinski definition) is 1. The van der Waals surface area contributed by atoms with Gasteiger partial charge in [0.05, 0.1) is 23.0 Å². The molecule has 1 fully saturated rings. The largest absolute Gasteiger partial charge is 0.478 e. The zero-order chi connectivity index (χ0) is 15.6. The van der Waals surface area contributed by atoms with Gasteiger partial charge < -0.3 is 10.0 Å². The Morgan fingerprint density at radius 1 is 1.29 bits per heavy atom. The lowest BCUT2D eigenvalue weighted by atomic mass is 10.1. The lowest BCUT2D eigenvalue weighted by Crippen LogP contribution is -2.33. The summed E-state index contributed by atoms with van der Waals surface area (Å²) in [6.45, 7) is 0.329. The predicted molar refractivity (Wildman–Crippen MR) is 76.6 cm³/mol. The Balaban J connectivity index is 1.99. The molecule has 1 N–H and O–H groups in total. The van der Waals surface area contributed by atoms with Crippen LogP contribution < -0.4 is 0 Å². The first kappa shape index (κ1) is 15.5. The molecule has 0 bridgehead atoms. The first-order valence-corrected chi connectivity index (χ1v) is 8.38. The quantitative estimate of drug-likeness (QED) is 0.887. The number of carboxylic acids is 1. The van der Waals surface area contributed by atoms with Crippen LogP contribution in [0.1, 0.15) is 22.3 Å². The number of sulfone groups is 1. The van der Waals surface area contributed by atoms with Crippen molar-refractivity contribution < 1.29 is 23.1 Å². The van der Waals surface area contributed by atoms with Crippen molar-refractivity contribution >= 4 is 21.7 Å². The molecule has 114 valence electrons. The Bertz CT molecular complexity index is 650. The van der Waals surface area contributed by atoms with E-state index in [0.29, 0.717) is 13.0 Å². The van der Waals surface area contributed by atoms with Crippen LogP contribution in [0, 0.1) is 5.92 Å². The molecule has 1 heterocycles. The van der Waals surface area contributed by atoms with Gasteiger partial charge in [-0.1, -0.05) is 12.1 Å². The number of carbonyl (C=O) groups is 2. The van der Waals surface area contributed by atoms with Crippen LogP contribution >= 0.6 is 0 Å². The Labute approximate surface area is 123 Å². The van der Waals surface area contributed by atoms with Crippen LogP contribution in [0.25, 0.3) is 0 Å². The van der Waals surface area contributed by atoms with Crippen molar-refractivity contribution in [1.82, 2.24) is 4.90 Å². The third kappa shape index (κ3) is 3.81. The van der Waals surface area contributed by atoms with Crippen molar-refractivity contribution in [2.45, 2.75) is 13.0 Å². The molecule has 2 rings (SSSR count). The molecule has 1 aliphatic rings. The van der Waals surface area contributed by atoms with Gasteiger partial charge in [-0.2, -0.15) is 0 Å². The fourth-order valence-corrected chi connectivity index (χ4v) is 4.14. The minimum Gasteiger partial charge on any atom is -0.478 e.